The van der Waals surface area contributed by atoms with Gasteiger partial charge in [0.1, 0.15) is 0 Å². The van der Waals surface area contributed by atoms with E-state index in [0.717, 1.165) is 24.9 Å². The first-order valence-electron chi connectivity index (χ1n) is 5.09. The highest BCUT2D eigenvalue weighted by atomic mass is 35.5. The summed E-state index contributed by atoms with van der Waals surface area (Å²) < 4.78 is 2.07. The van der Waals surface area contributed by atoms with E-state index in [1.807, 2.05) is 19.4 Å². The van der Waals surface area contributed by atoms with Crippen LogP contribution in [0, 0.1) is 5.92 Å². The van der Waals surface area contributed by atoms with E-state index in [2.05, 4.69) is 14.5 Å². The number of halogens is 1. The van der Waals surface area contributed by atoms with Crippen LogP contribution in [0.4, 0.5) is 5.95 Å². The van der Waals surface area contributed by atoms with Gasteiger partial charge in [0.25, 0.3) is 0 Å². The molecule has 0 aromatic carbocycles. The van der Waals surface area contributed by atoms with Crippen LogP contribution in [-0.4, -0.2) is 28.5 Å². The van der Waals surface area contributed by atoms with Crippen LogP contribution in [0.5, 0.6) is 0 Å². The number of imidazole rings is 1. The zero-order valence-electron chi connectivity index (χ0n) is 8.49. The summed E-state index contributed by atoms with van der Waals surface area (Å²) in [6.45, 7) is 2.16. The summed E-state index contributed by atoms with van der Waals surface area (Å²) in [7, 11) is 2.03. The van der Waals surface area contributed by atoms with Crippen molar-refractivity contribution in [3.8, 4) is 0 Å². The third-order valence-electron chi connectivity index (χ3n) is 2.82. The smallest absolute Gasteiger partial charge is 0.205 e. The van der Waals surface area contributed by atoms with Crippen molar-refractivity contribution in [3.05, 3.63) is 12.4 Å². The summed E-state index contributed by atoms with van der Waals surface area (Å²) in [5.74, 6) is 2.46. The van der Waals surface area contributed by atoms with Gasteiger partial charge < -0.3 is 9.47 Å². The van der Waals surface area contributed by atoms with Gasteiger partial charge in [0, 0.05) is 38.4 Å². The summed E-state index contributed by atoms with van der Waals surface area (Å²) >= 11 is 5.89. The van der Waals surface area contributed by atoms with E-state index in [9.17, 15) is 0 Å². The Labute approximate surface area is 89.7 Å². The SMILES string of the molecule is Cn1ccnc1N1CCCC(CCl)C1. The number of rotatable bonds is 2. The molecule has 1 aromatic rings. The zero-order chi connectivity index (χ0) is 9.97. The van der Waals surface area contributed by atoms with Crippen molar-refractivity contribution in [3.63, 3.8) is 0 Å². The van der Waals surface area contributed by atoms with Gasteiger partial charge in [-0.05, 0) is 18.8 Å². The minimum absolute atomic E-state index is 0.627. The molecule has 0 N–H and O–H groups in total. The number of piperidine rings is 1. The fourth-order valence-electron chi connectivity index (χ4n) is 2.04. The highest BCUT2D eigenvalue weighted by Crippen LogP contribution is 2.21. The van der Waals surface area contributed by atoms with Gasteiger partial charge in [-0.2, -0.15) is 0 Å². The first kappa shape index (κ1) is 9.84. The Hall–Kier alpha value is -0.700. The van der Waals surface area contributed by atoms with Gasteiger partial charge in [-0.1, -0.05) is 0 Å². The molecule has 1 saturated heterocycles. The molecule has 2 rings (SSSR count). The number of nitrogens with zero attached hydrogens (tertiary/aromatic N) is 3. The van der Waals surface area contributed by atoms with E-state index in [1.165, 1.54) is 12.8 Å². The minimum Gasteiger partial charge on any atom is -0.342 e. The Morgan fingerprint density at radius 1 is 1.64 bits per heavy atom. The van der Waals surface area contributed by atoms with Crippen molar-refractivity contribution in [2.45, 2.75) is 12.8 Å². The number of alkyl halides is 1. The van der Waals surface area contributed by atoms with E-state index in [4.69, 9.17) is 11.6 Å². The number of aryl methyl sites for hydroxylation is 1. The molecule has 4 heteroatoms. The highest BCUT2D eigenvalue weighted by molar-refractivity contribution is 6.18. The molecule has 0 aliphatic carbocycles. The fourth-order valence-corrected chi connectivity index (χ4v) is 2.29. The third kappa shape index (κ3) is 1.87. The fraction of sp³-hybridized carbons (Fsp3) is 0.700. The van der Waals surface area contributed by atoms with Crippen LogP contribution in [0.1, 0.15) is 12.8 Å². The van der Waals surface area contributed by atoms with Gasteiger partial charge in [0.2, 0.25) is 5.95 Å². The standard InChI is InChI=1S/C10H16ClN3/c1-13-6-4-12-10(13)14-5-2-3-9(7-11)8-14/h4,6,9H,2-3,5,7-8H2,1H3. The lowest BCUT2D eigenvalue weighted by atomic mass is 10.0. The molecule has 1 fully saturated rings. The molecule has 0 spiro atoms. The number of aromatic nitrogens is 2. The topological polar surface area (TPSA) is 21.1 Å². The van der Waals surface area contributed by atoms with Crippen LogP contribution < -0.4 is 4.90 Å². The van der Waals surface area contributed by atoms with Crippen LogP contribution in [-0.2, 0) is 7.05 Å². The summed E-state index contributed by atoms with van der Waals surface area (Å²) in [6.07, 6.45) is 6.31. The molecule has 2 heterocycles. The lowest BCUT2D eigenvalue weighted by Gasteiger charge is -2.32. The Morgan fingerprint density at radius 2 is 2.50 bits per heavy atom. The van der Waals surface area contributed by atoms with Gasteiger partial charge in [-0.3, -0.25) is 0 Å². The van der Waals surface area contributed by atoms with Crippen LogP contribution in [0.15, 0.2) is 12.4 Å². The maximum Gasteiger partial charge on any atom is 0.205 e. The van der Waals surface area contributed by atoms with Crippen molar-refractivity contribution in [2.24, 2.45) is 13.0 Å². The molecule has 1 aliphatic heterocycles. The van der Waals surface area contributed by atoms with Crippen molar-refractivity contribution >= 4 is 17.5 Å². The van der Waals surface area contributed by atoms with Crippen LogP contribution >= 0.6 is 11.6 Å². The number of hydrogen-bond donors (Lipinski definition) is 0. The first-order valence-corrected chi connectivity index (χ1v) is 5.63. The van der Waals surface area contributed by atoms with Crippen molar-refractivity contribution < 1.29 is 0 Å². The summed E-state index contributed by atoms with van der Waals surface area (Å²) in [5, 5.41) is 0. The highest BCUT2D eigenvalue weighted by Gasteiger charge is 2.21. The number of hydrogen-bond acceptors (Lipinski definition) is 2. The van der Waals surface area contributed by atoms with Crippen molar-refractivity contribution in [2.75, 3.05) is 23.9 Å². The molecule has 1 atom stereocenters. The van der Waals surface area contributed by atoms with Gasteiger partial charge in [-0.15, -0.1) is 11.6 Å². The average Bonchev–Trinajstić information content (AvgIpc) is 2.65. The Bertz CT molecular complexity index is 297. The minimum atomic E-state index is 0.627. The lowest BCUT2D eigenvalue weighted by Crippen LogP contribution is -2.37. The lowest BCUT2D eigenvalue weighted by molar-refractivity contribution is 0.443. The van der Waals surface area contributed by atoms with Crippen molar-refractivity contribution in [1.29, 1.82) is 0 Å². The molecule has 78 valence electrons. The Morgan fingerprint density at radius 3 is 3.14 bits per heavy atom. The van der Waals surface area contributed by atoms with E-state index < -0.39 is 0 Å². The zero-order valence-corrected chi connectivity index (χ0v) is 9.24. The summed E-state index contributed by atoms with van der Waals surface area (Å²) in [4.78, 5) is 6.68. The summed E-state index contributed by atoms with van der Waals surface area (Å²) in [6, 6.07) is 0. The van der Waals surface area contributed by atoms with Crippen molar-refractivity contribution in [1.82, 2.24) is 9.55 Å². The van der Waals surface area contributed by atoms with E-state index >= 15 is 0 Å². The quantitative estimate of drug-likeness (QED) is 0.700. The maximum atomic E-state index is 5.89. The Kier molecular flexibility index (Phi) is 2.96. The number of anilines is 1. The molecule has 1 aliphatic rings. The molecular weight excluding hydrogens is 198 g/mol. The Balaban J connectivity index is 2.08. The third-order valence-corrected chi connectivity index (χ3v) is 3.25. The molecule has 14 heavy (non-hydrogen) atoms. The second-order valence-corrected chi connectivity index (χ2v) is 4.26. The molecular formula is C10H16ClN3. The molecule has 0 amide bonds. The molecule has 0 radical (unpaired) electrons. The molecule has 1 unspecified atom stereocenters. The normalized spacial score (nSPS) is 22.7. The molecule has 0 bridgehead atoms. The predicted molar refractivity (Wildman–Crippen MR) is 58.9 cm³/mol. The summed E-state index contributed by atoms with van der Waals surface area (Å²) in [5.41, 5.74) is 0. The van der Waals surface area contributed by atoms with Gasteiger partial charge in [0.15, 0.2) is 0 Å². The second kappa shape index (κ2) is 4.22. The van der Waals surface area contributed by atoms with Crippen LogP contribution in [0.25, 0.3) is 0 Å². The van der Waals surface area contributed by atoms with E-state index in [-0.39, 0.29) is 0 Å². The van der Waals surface area contributed by atoms with Gasteiger partial charge in [0.05, 0.1) is 0 Å². The maximum absolute atomic E-state index is 5.89. The van der Waals surface area contributed by atoms with E-state index in [1.54, 1.807) is 0 Å². The monoisotopic (exact) mass is 213 g/mol. The average molecular weight is 214 g/mol. The largest absolute Gasteiger partial charge is 0.342 e. The van der Waals surface area contributed by atoms with Crippen LogP contribution in [0.3, 0.4) is 0 Å². The van der Waals surface area contributed by atoms with E-state index in [0.29, 0.717) is 5.92 Å². The second-order valence-electron chi connectivity index (χ2n) is 3.95. The van der Waals surface area contributed by atoms with Gasteiger partial charge >= 0.3 is 0 Å². The van der Waals surface area contributed by atoms with Gasteiger partial charge in [-0.25, -0.2) is 4.98 Å². The first-order chi connectivity index (χ1) is 6.81. The predicted octanol–water partition coefficient (Wildman–Crippen LogP) is 1.88. The van der Waals surface area contributed by atoms with Crippen LogP contribution in [0.2, 0.25) is 0 Å². The molecule has 1 aromatic heterocycles. The molecule has 3 nitrogen and oxygen atoms in total. The molecule has 0 saturated carbocycles.